The second kappa shape index (κ2) is 21.3. The topological polar surface area (TPSA) is 167 Å². The molecule has 1 heterocycles. The van der Waals surface area contributed by atoms with Crippen molar-refractivity contribution in [1.82, 2.24) is 4.90 Å². The number of rotatable bonds is 20. The van der Waals surface area contributed by atoms with Crippen molar-refractivity contribution in [2.75, 3.05) is 53.0 Å². The normalized spacial score (nSPS) is 23.0. The van der Waals surface area contributed by atoms with E-state index in [1.54, 1.807) is 57.5 Å². The highest BCUT2D eigenvalue weighted by atomic mass is 16.7. The predicted octanol–water partition coefficient (Wildman–Crippen LogP) is 8.24. The lowest BCUT2D eigenvalue weighted by molar-refractivity contribution is -0.253. The van der Waals surface area contributed by atoms with Gasteiger partial charge in [-0.15, -0.1) is 6.58 Å². The molecule has 0 spiro atoms. The number of nitrogens with zero attached hydrogens (tertiary/aromatic N) is 2. The first-order valence-corrected chi connectivity index (χ1v) is 21.1. The number of amides is 2. The highest BCUT2D eigenvalue weighted by Crippen LogP contribution is 2.62. The van der Waals surface area contributed by atoms with E-state index < -0.39 is 29.9 Å². The van der Waals surface area contributed by atoms with Crippen LogP contribution < -0.4 is 24.3 Å². The summed E-state index contributed by atoms with van der Waals surface area (Å²) in [5.74, 6) is -0.573. The summed E-state index contributed by atoms with van der Waals surface area (Å²) in [6.07, 6.45) is 7.18. The Labute approximate surface area is 358 Å². The molecule has 0 bridgehead atoms. The summed E-state index contributed by atoms with van der Waals surface area (Å²) in [6.45, 7) is 6.37. The van der Waals surface area contributed by atoms with E-state index in [-0.39, 0.29) is 63.0 Å². The van der Waals surface area contributed by atoms with Gasteiger partial charge in [0.25, 0.3) is 0 Å². The highest BCUT2D eigenvalue weighted by molar-refractivity contribution is 6.03. The van der Waals surface area contributed by atoms with E-state index in [1.165, 1.54) is 12.0 Å². The lowest BCUT2D eigenvalue weighted by Gasteiger charge is -2.59. The molecule has 328 valence electrons. The van der Waals surface area contributed by atoms with Crippen LogP contribution >= 0.6 is 0 Å². The Morgan fingerprint density at radius 3 is 2.44 bits per heavy atom. The number of nitrogens with one attached hydrogen (secondary N) is 1. The lowest BCUT2D eigenvalue weighted by atomic mass is 9.55. The van der Waals surface area contributed by atoms with E-state index >= 15 is 0 Å². The number of methoxy groups -OCH3 is 2. The lowest BCUT2D eigenvalue weighted by Crippen LogP contribution is -2.69. The quantitative estimate of drug-likeness (QED) is 0.0570. The number of hydrogen-bond acceptors (Lipinski definition) is 12. The molecule has 2 aliphatic carbocycles. The molecule has 1 aliphatic heterocycles. The summed E-state index contributed by atoms with van der Waals surface area (Å²) in [5.41, 5.74) is 3.67. The van der Waals surface area contributed by atoms with Gasteiger partial charge in [0.05, 0.1) is 44.8 Å². The molecule has 1 fully saturated rings. The van der Waals surface area contributed by atoms with Crippen molar-refractivity contribution >= 4 is 23.6 Å². The van der Waals surface area contributed by atoms with Gasteiger partial charge < -0.3 is 48.4 Å². The van der Waals surface area contributed by atoms with Crippen molar-refractivity contribution in [2.45, 2.75) is 76.2 Å². The number of oxime groups is 1. The molecule has 3 aromatic rings. The molecule has 2 amide bonds. The molecule has 0 aromatic heterocycles. The second-order valence-electron chi connectivity index (χ2n) is 15.4. The first-order chi connectivity index (χ1) is 29.7. The number of anilines is 1. The predicted molar refractivity (Wildman–Crippen MR) is 230 cm³/mol. The molecular formula is C47H59N3O11. The third-order valence-corrected chi connectivity index (χ3v) is 11.8. The van der Waals surface area contributed by atoms with Crippen LogP contribution in [0.15, 0.2) is 96.2 Å². The molecule has 3 N–H and O–H groups in total. The van der Waals surface area contributed by atoms with Crippen LogP contribution in [0.3, 0.4) is 0 Å². The third kappa shape index (κ3) is 10.1. The van der Waals surface area contributed by atoms with Gasteiger partial charge in [-0.2, -0.15) is 0 Å². The first-order valence-electron chi connectivity index (χ1n) is 21.1. The zero-order chi connectivity index (χ0) is 43.4. The van der Waals surface area contributed by atoms with Gasteiger partial charge in [0.2, 0.25) is 5.79 Å². The number of aliphatic hydroxyl groups excluding tert-OH is 2. The highest BCUT2D eigenvalue weighted by Gasteiger charge is 2.65. The molecule has 6 atom stereocenters. The fourth-order valence-electron chi connectivity index (χ4n) is 9.05. The van der Waals surface area contributed by atoms with Crippen molar-refractivity contribution in [3.8, 4) is 23.0 Å². The number of carbonyl (C=O) groups excluding carboxylic acids is 2. The molecule has 3 aliphatic rings. The van der Waals surface area contributed by atoms with Gasteiger partial charge in [-0.05, 0) is 85.9 Å². The molecule has 6 rings (SSSR count). The zero-order valence-corrected chi connectivity index (χ0v) is 35.5. The fourth-order valence-corrected chi connectivity index (χ4v) is 9.05. The Kier molecular flexibility index (Phi) is 15.7. The molecular weight excluding hydrogens is 783 g/mol. The van der Waals surface area contributed by atoms with Crippen LogP contribution in [0.5, 0.6) is 23.0 Å². The Hall–Kier alpha value is -5.57. The molecule has 1 saturated carbocycles. The summed E-state index contributed by atoms with van der Waals surface area (Å²) in [6, 6.07) is 19.3. The Bertz CT molecular complexity index is 2020. The first kappa shape index (κ1) is 45.0. The van der Waals surface area contributed by atoms with Gasteiger partial charge in [-0.25, -0.2) is 9.59 Å². The number of likely N-dealkylation sites (N-methyl/N-ethyl adjacent to an activating group) is 1. The van der Waals surface area contributed by atoms with Crippen LogP contribution in [0.1, 0.15) is 68.9 Å². The summed E-state index contributed by atoms with van der Waals surface area (Å²) < 4.78 is 36.3. The smallest absolute Gasteiger partial charge is 0.417 e. The largest absolute Gasteiger partial charge is 0.497 e. The maximum atomic E-state index is 13.7. The fraction of sp³-hybridized carbons (Fsp3) is 0.468. The summed E-state index contributed by atoms with van der Waals surface area (Å²) >= 11 is 0. The Balaban J connectivity index is 1.50. The average Bonchev–Trinajstić information content (AvgIpc) is 3.27. The van der Waals surface area contributed by atoms with E-state index in [9.17, 15) is 19.8 Å². The molecule has 0 radical (unpaired) electrons. The summed E-state index contributed by atoms with van der Waals surface area (Å²) in [4.78, 5) is 34.8. The molecule has 14 heteroatoms. The van der Waals surface area contributed by atoms with E-state index in [2.05, 4.69) is 18.0 Å². The average molecular weight is 842 g/mol. The Morgan fingerprint density at radius 1 is 0.984 bits per heavy atom. The minimum atomic E-state index is -1.45. The van der Waals surface area contributed by atoms with Crippen LogP contribution in [0, 0.1) is 17.8 Å². The van der Waals surface area contributed by atoms with Crippen molar-refractivity contribution in [1.29, 1.82) is 0 Å². The number of hydrogen-bond donors (Lipinski definition) is 3. The maximum absolute atomic E-state index is 13.7. The third-order valence-electron chi connectivity index (χ3n) is 11.8. The van der Waals surface area contributed by atoms with E-state index in [0.717, 1.165) is 42.4 Å². The van der Waals surface area contributed by atoms with E-state index in [0.29, 0.717) is 41.5 Å². The van der Waals surface area contributed by atoms with Crippen molar-refractivity contribution in [3.05, 3.63) is 102 Å². The van der Waals surface area contributed by atoms with Gasteiger partial charge >= 0.3 is 12.2 Å². The van der Waals surface area contributed by atoms with Crippen LogP contribution in [-0.4, -0.2) is 92.5 Å². The van der Waals surface area contributed by atoms with Gasteiger partial charge in [-0.3, -0.25) is 5.32 Å². The van der Waals surface area contributed by atoms with Gasteiger partial charge in [0, 0.05) is 44.2 Å². The van der Waals surface area contributed by atoms with Crippen molar-refractivity contribution in [2.24, 2.45) is 22.9 Å². The monoisotopic (exact) mass is 841 g/mol. The SMILES string of the molecule is C=CCO[C@@]12Oc3ccc(OC(=O)Nc4ccc(OC)cc4OC)cc3[C@H]3[C@H](CCCCO)[C@@H](CCCCO)C=C(C(=NOCc4ccccc4)C[C@@H]1N(C)C(=O)OCC)[C@H]32. The molecule has 61 heavy (non-hydrogen) atoms. The minimum Gasteiger partial charge on any atom is -0.497 e. The standard InChI is InChI=1S/C47H59N3O11/c1-6-25-58-47-42(50(3)46(54)57-7-2)29-39(49-59-30-31-15-9-8-10-16-31)36-26-32(17-11-13-23-51)35(18-12-14-24-52)43(44(36)47)37-27-34(20-22-40(37)61-47)60-45(53)48-38-21-19-33(55-4)28-41(38)56-5/h6,8-10,15-16,19-22,26-28,32,35,42-44,51-52H,1,7,11-14,17-18,23-25,29-30H2,2-5H3,(H,48,53)/t32-,35+,42-,43+,44+,47+/m0/s1. The molecule has 0 saturated heterocycles. The number of unbranched alkanes of at least 4 members (excludes halogenated alkanes) is 2. The van der Waals surface area contributed by atoms with Crippen molar-refractivity contribution < 1.29 is 53.1 Å². The zero-order valence-electron chi connectivity index (χ0n) is 35.5. The van der Waals surface area contributed by atoms with Gasteiger partial charge in [0.1, 0.15) is 35.6 Å². The van der Waals surface area contributed by atoms with Gasteiger partial charge in [-0.1, -0.05) is 60.5 Å². The second-order valence-corrected chi connectivity index (χ2v) is 15.4. The number of carbonyl (C=O) groups is 2. The Morgan fingerprint density at radius 2 is 1.74 bits per heavy atom. The minimum absolute atomic E-state index is 0.0126. The van der Waals surface area contributed by atoms with Crippen LogP contribution in [0.25, 0.3) is 0 Å². The number of aliphatic hydroxyl groups is 2. The maximum Gasteiger partial charge on any atom is 0.417 e. The van der Waals surface area contributed by atoms with Crippen molar-refractivity contribution in [3.63, 3.8) is 0 Å². The van der Waals surface area contributed by atoms with E-state index in [1.807, 2.05) is 36.4 Å². The number of ether oxygens (including phenoxy) is 6. The number of benzene rings is 3. The molecule has 3 aromatic carbocycles. The van der Waals surface area contributed by atoms with E-state index in [4.69, 9.17) is 38.4 Å². The van der Waals surface area contributed by atoms with Crippen LogP contribution in [0.4, 0.5) is 15.3 Å². The van der Waals surface area contributed by atoms with Crippen LogP contribution in [0.2, 0.25) is 0 Å². The summed E-state index contributed by atoms with van der Waals surface area (Å²) in [7, 11) is 4.73. The number of fused-ring (bicyclic) bond motifs is 2. The molecule has 14 nitrogen and oxygen atoms in total. The number of allylic oxidation sites excluding steroid dienone is 1. The molecule has 0 unspecified atom stereocenters. The van der Waals surface area contributed by atoms with Crippen LogP contribution in [-0.2, 0) is 20.9 Å². The van der Waals surface area contributed by atoms with Gasteiger partial charge in [0.15, 0.2) is 0 Å². The summed E-state index contributed by atoms with van der Waals surface area (Å²) in [5, 5.41) is 27.4.